The highest BCUT2D eigenvalue weighted by Gasteiger charge is 2.28. The first-order chi connectivity index (χ1) is 13.2. The Hall–Kier alpha value is -1.82. The van der Waals surface area contributed by atoms with Crippen molar-refractivity contribution in [2.24, 2.45) is 0 Å². The van der Waals surface area contributed by atoms with Crippen molar-refractivity contribution in [2.75, 3.05) is 5.75 Å². The predicted octanol–water partition coefficient (Wildman–Crippen LogP) is 4.05. The molecule has 2 aliphatic rings. The van der Waals surface area contributed by atoms with Crippen molar-refractivity contribution < 1.29 is 4.79 Å². The topological polar surface area (TPSA) is 64.0 Å². The smallest absolute Gasteiger partial charge is 0.262 e. The maximum atomic E-state index is 12.9. The molecule has 0 aliphatic heterocycles. The van der Waals surface area contributed by atoms with Gasteiger partial charge in [0.05, 0.1) is 16.7 Å². The zero-order chi connectivity index (χ0) is 18.6. The average molecular weight is 386 g/mol. The Balaban J connectivity index is 1.46. The van der Waals surface area contributed by atoms with E-state index >= 15 is 0 Å². The number of carbonyl (C=O) groups excluding carboxylic acids is 1. The lowest BCUT2D eigenvalue weighted by molar-refractivity contribution is -0.119. The molecule has 0 saturated heterocycles. The molecule has 2 saturated carbocycles. The Morgan fingerprint density at radius 2 is 1.78 bits per heavy atom. The largest absolute Gasteiger partial charge is 0.353 e. The number of fused-ring (bicyclic) bond motifs is 1. The Morgan fingerprint density at radius 1 is 1.07 bits per heavy atom. The van der Waals surface area contributed by atoms with Crippen LogP contribution in [0.15, 0.2) is 34.2 Å². The number of nitrogens with zero attached hydrogens (tertiary/aromatic N) is 2. The third-order valence-corrected chi connectivity index (χ3v) is 6.44. The molecular formula is C21H27N3O2S. The molecule has 1 aromatic carbocycles. The number of hydrogen-bond donors (Lipinski definition) is 1. The van der Waals surface area contributed by atoms with E-state index in [1.54, 1.807) is 4.57 Å². The first-order valence-electron chi connectivity index (χ1n) is 10.2. The highest BCUT2D eigenvalue weighted by atomic mass is 32.2. The van der Waals surface area contributed by atoms with Crippen LogP contribution in [0.4, 0.5) is 0 Å². The van der Waals surface area contributed by atoms with E-state index < -0.39 is 0 Å². The van der Waals surface area contributed by atoms with Gasteiger partial charge in [0, 0.05) is 12.1 Å². The van der Waals surface area contributed by atoms with Gasteiger partial charge in [-0.25, -0.2) is 4.98 Å². The van der Waals surface area contributed by atoms with Crippen molar-refractivity contribution in [1.82, 2.24) is 14.9 Å². The molecule has 1 aromatic heterocycles. The van der Waals surface area contributed by atoms with Gasteiger partial charge in [0.15, 0.2) is 5.16 Å². The fourth-order valence-corrected chi connectivity index (χ4v) is 4.76. The van der Waals surface area contributed by atoms with Crippen LogP contribution in [-0.4, -0.2) is 27.3 Å². The van der Waals surface area contributed by atoms with Gasteiger partial charge in [0.25, 0.3) is 5.56 Å². The molecule has 2 fully saturated rings. The summed E-state index contributed by atoms with van der Waals surface area (Å²) in [6.07, 6.45) is 10.5. The van der Waals surface area contributed by atoms with E-state index in [4.69, 9.17) is 0 Å². The van der Waals surface area contributed by atoms with Crippen LogP contribution in [0.3, 0.4) is 0 Å². The summed E-state index contributed by atoms with van der Waals surface area (Å²) < 4.78 is 1.80. The lowest BCUT2D eigenvalue weighted by Gasteiger charge is -2.21. The quantitative estimate of drug-likeness (QED) is 0.623. The van der Waals surface area contributed by atoms with E-state index in [1.165, 1.54) is 43.9 Å². The summed E-state index contributed by atoms with van der Waals surface area (Å²) in [5, 5.41) is 4.53. The summed E-state index contributed by atoms with van der Waals surface area (Å²) in [6.45, 7) is 0. The zero-order valence-electron chi connectivity index (χ0n) is 15.7. The van der Waals surface area contributed by atoms with E-state index in [2.05, 4.69) is 10.3 Å². The van der Waals surface area contributed by atoms with Gasteiger partial charge in [-0.15, -0.1) is 0 Å². The number of aromatic nitrogens is 2. The third-order valence-electron chi connectivity index (χ3n) is 5.49. The molecule has 5 nitrogen and oxygen atoms in total. The van der Waals surface area contributed by atoms with Crippen molar-refractivity contribution in [3.63, 3.8) is 0 Å². The van der Waals surface area contributed by atoms with Crippen LogP contribution in [0.25, 0.3) is 10.9 Å². The van der Waals surface area contributed by atoms with Gasteiger partial charge in [-0.1, -0.05) is 56.0 Å². The Labute approximate surface area is 163 Å². The lowest BCUT2D eigenvalue weighted by atomic mass is 9.97. The van der Waals surface area contributed by atoms with Crippen LogP contribution in [0.1, 0.15) is 63.8 Å². The normalized spacial score (nSPS) is 18.8. The second kappa shape index (κ2) is 8.46. The average Bonchev–Trinajstić information content (AvgIpc) is 3.47. The molecule has 1 amide bonds. The van der Waals surface area contributed by atoms with Crippen molar-refractivity contribution in [1.29, 1.82) is 0 Å². The summed E-state index contributed by atoms with van der Waals surface area (Å²) in [6, 6.07) is 8.01. The second-order valence-corrected chi connectivity index (χ2v) is 8.66. The summed E-state index contributed by atoms with van der Waals surface area (Å²) in [5.41, 5.74) is 0.730. The monoisotopic (exact) mass is 385 g/mol. The maximum absolute atomic E-state index is 12.9. The first-order valence-corrected chi connectivity index (χ1v) is 11.1. The molecule has 1 heterocycles. The van der Waals surface area contributed by atoms with Crippen LogP contribution in [-0.2, 0) is 4.79 Å². The Kier molecular flexibility index (Phi) is 5.81. The number of rotatable bonds is 5. The molecule has 0 unspecified atom stereocenters. The molecule has 144 valence electrons. The number of benzene rings is 1. The molecule has 0 spiro atoms. The summed E-state index contributed by atoms with van der Waals surface area (Å²) in [5.74, 6) is 0.365. The van der Waals surface area contributed by atoms with Crippen LogP contribution < -0.4 is 10.9 Å². The van der Waals surface area contributed by atoms with Crippen molar-refractivity contribution in [2.45, 2.75) is 75.0 Å². The number of thioether (sulfide) groups is 1. The van der Waals surface area contributed by atoms with Crippen molar-refractivity contribution in [3.8, 4) is 0 Å². The summed E-state index contributed by atoms with van der Waals surface area (Å²) in [7, 11) is 0. The molecule has 0 atom stereocenters. The minimum absolute atomic E-state index is 0.0195. The van der Waals surface area contributed by atoms with E-state index in [0.29, 0.717) is 27.9 Å². The Morgan fingerprint density at radius 3 is 2.52 bits per heavy atom. The molecule has 4 rings (SSSR count). The Bertz CT molecular complexity index is 867. The first kappa shape index (κ1) is 18.5. The van der Waals surface area contributed by atoms with Crippen LogP contribution in [0.5, 0.6) is 0 Å². The molecule has 0 radical (unpaired) electrons. The van der Waals surface area contributed by atoms with Gasteiger partial charge < -0.3 is 5.32 Å². The van der Waals surface area contributed by atoms with Crippen molar-refractivity contribution >= 4 is 28.6 Å². The van der Waals surface area contributed by atoms with Crippen LogP contribution >= 0.6 is 11.8 Å². The van der Waals surface area contributed by atoms with E-state index in [9.17, 15) is 9.59 Å². The van der Waals surface area contributed by atoms with Gasteiger partial charge >= 0.3 is 0 Å². The molecule has 0 bridgehead atoms. The molecule has 27 heavy (non-hydrogen) atoms. The molecule has 2 aliphatic carbocycles. The molecular weight excluding hydrogens is 358 g/mol. The second-order valence-electron chi connectivity index (χ2n) is 7.72. The van der Waals surface area contributed by atoms with Crippen LogP contribution in [0, 0.1) is 0 Å². The fraction of sp³-hybridized carbons (Fsp3) is 0.571. The maximum Gasteiger partial charge on any atom is 0.262 e. The number of carbonyl (C=O) groups is 1. The highest BCUT2D eigenvalue weighted by molar-refractivity contribution is 7.99. The van der Waals surface area contributed by atoms with Crippen LogP contribution in [0.2, 0.25) is 0 Å². The molecule has 1 N–H and O–H groups in total. The van der Waals surface area contributed by atoms with Gasteiger partial charge in [0.2, 0.25) is 5.91 Å². The summed E-state index contributed by atoms with van der Waals surface area (Å²) >= 11 is 1.39. The molecule has 6 heteroatoms. The standard InChI is InChI=1S/C21H27N3O2S/c25-19(22-15-8-4-2-1-3-5-9-15)14-27-21-23-18-11-7-6-10-17(18)20(26)24(21)16-12-13-16/h6-7,10-11,15-16H,1-5,8-9,12-14H2,(H,22,25). The van der Waals surface area contributed by atoms with Crippen molar-refractivity contribution in [3.05, 3.63) is 34.6 Å². The summed E-state index contributed by atoms with van der Waals surface area (Å²) in [4.78, 5) is 30.0. The minimum Gasteiger partial charge on any atom is -0.353 e. The molecule has 2 aromatic rings. The van der Waals surface area contributed by atoms with E-state index in [0.717, 1.165) is 25.7 Å². The lowest BCUT2D eigenvalue weighted by Crippen LogP contribution is -2.36. The number of hydrogen-bond acceptors (Lipinski definition) is 4. The third kappa shape index (κ3) is 4.54. The van der Waals surface area contributed by atoms with Gasteiger partial charge in [-0.05, 0) is 37.8 Å². The van der Waals surface area contributed by atoms with E-state index in [-0.39, 0.29) is 17.5 Å². The number of para-hydroxylation sites is 1. The minimum atomic E-state index is 0.0195. The van der Waals surface area contributed by atoms with Gasteiger partial charge in [0.1, 0.15) is 0 Å². The van der Waals surface area contributed by atoms with Gasteiger partial charge in [-0.3, -0.25) is 14.2 Å². The highest BCUT2D eigenvalue weighted by Crippen LogP contribution is 2.36. The number of amides is 1. The number of nitrogens with one attached hydrogen (secondary N) is 1. The SMILES string of the molecule is O=C(CSc1nc2ccccc2c(=O)n1C1CC1)NC1CCCCCCC1. The fourth-order valence-electron chi connectivity index (χ4n) is 3.88. The predicted molar refractivity (Wildman–Crippen MR) is 109 cm³/mol. The zero-order valence-corrected chi connectivity index (χ0v) is 16.5. The van der Waals surface area contributed by atoms with E-state index in [1.807, 2.05) is 24.3 Å². The van der Waals surface area contributed by atoms with Gasteiger partial charge in [-0.2, -0.15) is 0 Å².